The molecule has 0 atom stereocenters. The van der Waals surface area contributed by atoms with Crippen LogP contribution < -0.4 is 4.74 Å². The van der Waals surface area contributed by atoms with Crippen molar-refractivity contribution in [2.45, 2.75) is 26.2 Å². The standard InChI is InChI=1S/C26H24O/c1-3-5-13-23-24(16-10-17-25(23)27-4-2)26-21-14-8-6-11-19(21)18-20-12-7-9-15-22(20)26/h4,6-12,14-18H,2-3,5,13H2,1H3. The minimum absolute atomic E-state index is 0.910. The fraction of sp³-hybridized carbons (Fsp3) is 0.154. The van der Waals surface area contributed by atoms with Crippen LogP contribution in [0.5, 0.6) is 5.75 Å². The third-order valence-electron chi connectivity index (χ3n) is 5.16. The van der Waals surface area contributed by atoms with Crippen molar-refractivity contribution in [1.29, 1.82) is 0 Å². The minimum Gasteiger partial charge on any atom is -0.465 e. The Morgan fingerprint density at radius 3 is 2.15 bits per heavy atom. The fourth-order valence-corrected chi connectivity index (χ4v) is 3.92. The van der Waals surface area contributed by atoms with E-state index in [4.69, 9.17) is 4.74 Å². The lowest BCUT2D eigenvalue weighted by molar-refractivity contribution is 0.476. The van der Waals surface area contributed by atoms with E-state index in [9.17, 15) is 0 Å². The van der Waals surface area contributed by atoms with Crippen molar-refractivity contribution < 1.29 is 4.74 Å². The third kappa shape index (κ3) is 3.21. The second-order valence-corrected chi connectivity index (χ2v) is 6.86. The molecule has 0 saturated heterocycles. The predicted molar refractivity (Wildman–Crippen MR) is 116 cm³/mol. The Hall–Kier alpha value is -3.06. The molecular weight excluding hydrogens is 328 g/mol. The highest BCUT2D eigenvalue weighted by atomic mass is 16.5. The number of ether oxygens (including phenoxy) is 1. The van der Waals surface area contributed by atoms with Crippen LogP contribution in [0.3, 0.4) is 0 Å². The van der Waals surface area contributed by atoms with Crippen molar-refractivity contribution in [3.8, 4) is 16.9 Å². The van der Waals surface area contributed by atoms with E-state index in [-0.39, 0.29) is 0 Å². The quantitative estimate of drug-likeness (QED) is 0.257. The SMILES string of the molecule is C=COc1cccc(-c2c3ccccc3cc3ccccc23)c1CCCC. The van der Waals surface area contributed by atoms with Crippen LogP contribution in [0.4, 0.5) is 0 Å². The van der Waals surface area contributed by atoms with Gasteiger partial charge in [-0.3, -0.25) is 0 Å². The molecule has 0 aliphatic carbocycles. The van der Waals surface area contributed by atoms with Gasteiger partial charge in [-0.2, -0.15) is 0 Å². The highest BCUT2D eigenvalue weighted by Gasteiger charge is 2.16. The summed E-state index contributed by atoms with van der Waals surface area (Å²) in [5, 5.41) is 5.10. The topological polar surface area (TPSA) is 9.23 Å². The summed E-state index contributed by atoms with van der Waals surface area (Å²) in [6.45, 7) is 5.98. The molecule has 4 aromatic carbocycles. The molecular formula is C26H24O. The molecule has 0 aromatic heterocycles. The zero-order valence-electron chi connectivity index (χ0n) is 15.7. The van der Waals surface area contributed by atoms with Crippen molar-refractivity contribution in [2.75, 3.05) is 0 Å². The number of fused-ring (bicyclic) bond motifs is 2. The Kier molecular flexibility index (Phi) is 4.93. The van der Waals surface area contributed by atoms with Crippen LogP contribution in [-0.2, 0) is 6.42 Å². The summed E-state index contributed by atoms with van der Waals surface area (Å²) in [7, 11) is 0. The first-order chi connectivity index (χ1) is 13.3. The van der Waals surface area contributed by atoms with E-state index in [2.05, 4.69) is 80.2 Å². The van der Waals surface area contributed by atoms with E-state index in [1.54, 1.807) is 0 Å². The molecule has 0 aliphatic heterocycles. The van der Waals surface area contributed by atoms with Crippen molar-refractivity contribution >= 4 is 21.5 Å². The zero-order valence-corrected chi connectivity index (χ0v) is 15.7. The molecule has 0 saturated carbocycles. The van der Waals surface area contributed by atoms with Crippen LogP contribution in [0.1, 0.15) is 25.3 Å². The summed E-state index contributed by atoms with van der Waals surface area (Å²) in [5.74, 6) is 0.910. The lowest BCUT2D eigenvalue weighted by atomic mass is 9.88. The Bertz CT molecular complexity index is 1050. The molecule has 0 bridgehead atoms. The van der Waals surface area contributed by atoms with E-state index in [0.29, 0.717) is 0 Å². The zero-order chi connectivity index (χ0) is 18.6. The van der Waals surface area contributed by atoms with Crippen LogP contribution >= 0.6 is 0 Å². The molecule has 27 heavy (non-hydrogen) atoms. The summed E-state index contributed by atoms with van der Waals surface area (Å²) in [4.78, 5) is 0. The normalized spacial score (nSPS) is 11.0. The molecule has 0 aliphatic rings. The van der Waals surface area contributed by atoms with Gasteiger partial charge in [0.15, 0.2) is 0 Å². The molecule has 0 N–H and O–H groups in total. The Morgan fingerprint density at radius 2 is 1.52 bits per heavy atom. The monoisotopic (exact) mass is 352 g/mol. The summed E-state index contributed by atoms with van der Waals surface area (Å²) >= 11 is 0. The first-order valence-electron chi connectivity index (χ1n) is 9.63. The van der Waals surface area contributed by atoms with Crippen molar-refractivity contribution in [1.82, 2.24) is 0 Å². The number of benzene rings is 4. The van der Waals surface area contributed by atoms with Crippen LogP contribution in [0, 0.1) is 0 Å². The summed E-state index contributed by atoms with van der Waals surface area (Å²) in [6, 6.07) is 25.9. The molecule has 1 nitrogen and oxygen atoms in total. The minimum atomic E-state index is 0.910. The molecule has 0 fully saturated rings. The second kappa shape index (κ2) is 7.67. The van der Waals surface area contributed by atoms with Gasteiger partial charge in [-0.05, 0) is 57.6 Å². The molecule has 134 valence electrons. The van der Waals surface area contributed by atoms with Crippen molar-refractivity contribution in [3.63, 3.8) is 0 Å². The van der Waals surface area contributed by atoms with E-state index < -0.39 is 0 Å². The summed E-state index contributed by atoms with van der Waals surface area (Å²) in [5.41, 5.74) is 3.82. The third-order valence-corrected chi connectivity index (χ3v) is 5.16. The maximum atomic E-state index is 5.78. The van der Waals surface area contributed by atoms with Crippen LogP contribution in [0.2, 0.25) is 0 Å². The van der Waals surface area contributed by atoms with Crippen molar-refractivity contribution in [3.05, 3.63) is 91.2 Å². The number of hydrogen-bond acceptors (Lipinski definition) is 1. The molecule has 4 rings (SSSR count). The van der Waals surface area contributed by atoms with Crippen LogP contribution in [0.25, 0.3) is 32.7 Å². The highest BCUT2D eigenvalue weighted by Crippen LogP contribution is 2.40. The van der Waals surface area contributed by atoms with Gasteiger partial charge in [0.1, 0.15) is 5.75 Å². The predicted octanol–water partition coefficient (Wildman–Crippen LogP) is 7.52. The molecule has 0 amide bonds. The van der Waals surface area contributed by atoms with Gasteiger partial charge in [-0.25, -0.2) is 0 Å². The number of hydrogen-bond donors (Lipinski definition) is 0. The Labute approximate surface area is 160 Å². The maximum absolute atomic E-state index is 5.78. The summed E-state index contributed by atoms with van der Waals surface area (Å²) < 4.78 is 5.78. The lowest BCUT2D eigenvalue weighted by Crippen LogP contribution is -1.97. The van der Waals surface area contributed by atoms with E-state index in [1.165, 1.54) is 44.5 Å². The Morgan fingerprint density at radius 1 is 0.852 bits per heavy atom. The number of unbranched alkanes of at least 4 members (excludes halogenated alkanes) is 1. The molecule has 4 aromatic rings. The highest BCUT2D eigenvalue weighted by molar-refractivity contribution is 6.13. The summed E-state index contributed by atoms with van der Waals surface area (Å²) in [6.07, 6.45) is 4.80. The van der Waals surface area contributed by atoms with Gasteiger partial charge < -0.3 is 4.74 Å². The first-order valence-corrected chi connectivity index (χ1v) is 9.63. The molecule has 0 radical (unpaired) electrons. The van der Waals surface area contributed by atoms with Gasteiger partial charge in [0.05, 0.1) is 6.26 Å². The average Bonchev–Trinajstić information content (AvgIpc) is 2.71. The van der Waals surface area contributed by atoms with Crippen LogP contribution in [-0.4, -0.2) is 0 Å². The maximum Gasteiger partial charge on any atom is 0.130 e. The van der Waals surface area contributed by atoms with Gasteiger partial charge >= 0.3 is 0 Å². The van der Waals surface area contributed by atoms with Gasteiger partial charge in [0, 0.05) is 5.56 Å². The van der Waals surface area contributed by atoms with Crippen LogP contribution in [0.15, 0.2) is 85.6 Å². The van der Waals surface area contributed by atoms with Gasteiger partial charge in [-0.1, -0.05) is 80.6 Å². The van der Waals surface area contributed by atoms with Gasteiger partial charge in [0.25, 0.3) is 0 Å². The molecule has 0 unspecified atom stereocenters. The molecule has 0 spiro atoms. The van der Waals surface area contributed by atoms with Gasteiger partial charge in [0.2, 0.25) is 0 Å². The fourth-order valence-electron chi connectivity index (χ4n) is 3.92. The average molecular weight is 352 g/mol. The largest absolute Gasteiger partial charge is 0.465 e. The first kappa shape index (κ1) is 17.4. The van der Waals surface area contributed by atoms with E-state index in [0.717, 1.165) is 25.0 Å². The molecule has 0 heterocycles. The Balaban J connectivity index is 2.09. The van der Waals surface area contributed by atoms with E-state index in [1.807, 2.05) is 6.07 Å². The smallest absolute Gasteiger partial charge is 0.130 e. The lowest BCUT2D eigenvalue weighted by Gasteiger charge is -2.18. The second-order valence-electron chi connectivity index (χ2n) is 6.86. The van der Waals surface area contributed by atoms with Gasteiger partial charge in [-0.15, -0.1) is 0 Å². The van der Waals surface area contributed by atoms with E-state index >= 15 is 0 Å². The van der Waals surface area contributed by atoms with Crippen molar-refractivity contribution in [2.24, 2.45) is 0 Å². The molecule has 1 heteroatoms. The number of rotatable bonds is 6.